The molecule has 0 bridgehead atoms. The molecule has 0 aliphatic carbocycles. The minimum absolute atomic E-state index is 0.189. The lowest BCUT2D eigenvalue weighted by molar-refractivity contribution is 0.188. The van der Waals surface area contributed by atoms with Crippen molar-refractivity contribution >= 4 is 17.2 Å². The van der Waals surface area contributed by atoms with E-state index < -0.39 is 6.10 Å². The summed E-state index contributed by atoms with van der Waals surface area (Å²) in [6, 6.07) is 0.302. The van der Waals surface area contributed by atoms with E-state index in [1.807, 2.05) is 27.7 Å². The highest BCUT2D eigenvalue weighted by Gasteiger charge is 2.14. The zero-order chi connectivity index (χ0) is 9.02. The maximum atomic E-state index is 9.44. The van der Waals surface area contributed by atoms with Crippen LogP contribution in [-0.2, 0) is 0 Å². The molecule has 2 nitrogen and oxygen atoms in total. The molecule has 0 saturated carbocycles. The van der Waals surface area contributed by atoms with Gasteiger partial charge in [0.15, 0.2) is 0 Å². The van der Waals surface area contributed by atoms with E-state index in [0.29, 0.717) is 11.0 Å². The first kappa shape index (κ1) is 10.8. The highest BCUT2D eigenvalue weighted by molar-refractivity contribution is 7.80. The molecular formula is C8H17NOS. The monoisotopic (exact) mass is 175 g/mol. The zero-order valence-electron chi connectivity index (χ0n) is 7.59. The van der Waals surface area contributed by atoms with E-state index in [-0.39, 0.29) is 5.92 Å². The molecule has 0 aliphatic heterocycles. The van der Waals surface area contributed by atoms with Crippen LogP contribution in [0.2, 0.25) is 0 Å². The third-order valence-corrected chi connectivity index (χ3v) is 1.69. The molecule has 0 amide bonds. The summed E-state index contributed by atoms with van der Waals surface area (Å²) in [4.78, 5) is 0.551. The molecule has 1 unspecified atom stereocenters. The second-order valence-electron chi connectivity index (χ2n) is 3.35. The topological polar surface area (TPSA) is 32.3 Å². The van der Waals surface area contributed by atoms with Crippen LogP contribution in [0.1, 0.15) is 27.7 Å². The molecule has 0 saturated heterocycles. The number of aliphatic hydroxyl groups is 1. The predicted molar refractivity (Wildman–Crippen MR) is 51.7 cm³/mol. The molecule has 3 heteroatoms. The lowest BCUT2D eigenvalue weighted by atomic mass is 10.1. The van der Waals surface area contributed by atoms with E-state index in [9.17, 15) is 5.11 Å². The Balaban J connectivity index is 3.83. The maximum absolute atomic E-state index is 9.44. The first-order valence-electron chi connectivity index (χ1n) is 3.93. The van der Waals surface area contributed by atoms with Crippen LogP contribution in [0, 0.1) is 5.92 Å². The first-order chi connectivity index (χ1) is 4.95. The molecule has 0 rings (SSSR count). The Kier molecular flexibility index (Phi) is 4.61. The minimum Gasteiger partial charge on any atom is -0.386 e. The van der Waals surface area contributed by atoms with Crippen molar-refractivity contribution in [2.75, 3.05) is 0 Å². The van der Waals surface area contributed by atoms with Gasteiger partial charge in [0.1, 0.15) is 11.1 Å². The van der Waals surface area contributed by atoms with Crippen LogP contribution in [0.3, 0.4) is 0 Å². The average Bonchev–Trinajstić information content (AvgIpc) is 1.84. The summed E-state index contributed by atoms with van der Waals surface area (Å²) in [6.45, 7) is 7.89. The average molecular weight is 175 g/mol. The van der Waals surface area contributed by atoms with Gasteiger partial charge in [-0.1, -0.05) is 26.1 Å². The SMILES string of the molecule is CC(C)NC(=S)C(O)C(C)C. The van der Waals surface area contributed by atoms with Crippen LogP contribution in [0.15, 0.2) is 0 Å². The summed E-state index contributed by atoms with van der Waals surface area (Å²) in [7, 11) is 0. The zero-order valence-corrected chi connectivity index (χ0v) is 8.40. The van der Waals surface area contributed by atoms with E-state index in [1.165, 1.54) is 0 Å². The van der Waals surface area contributed by atoms with Gasteiger partial charge in [-0.3, -0.25) is 0 Å². The number of aliphatic hydroxyl groups excluding tert-OH is 1. The van der Waals surface area contributed by atoms with Crippen LogP contribution >= 0.6 is 12.2 Å². The molecule has 0 aromatic rings. The van der Waals surface area contributed by atoms with Crippen molar-refractivity contribution < 1.29 is 5.11 Å². The third kappa shape index (κ3) is 4.32. The van der Waals surface area contributed by atoms with Gasteiger partial charge in [0.05, 0.1) is 0 Å². The maximum Gasteiger partial charge on any atom is 0.106 e. The van der Waals surface area contributed by atoms with Crippen molar-refractivity contribution in [1.29, 1.82) is 0 Å². The van der Waals surface area contributed by atoms with Gasteiger partial charge in [-0.2, -0.15) is 0 Å². The van der Waals surface area contributed by atoms with Gasteiger partial charge in [-0.25, -0.2) is 0 Å². The number of rotatable bonds is 3. The van der Waals surface area contributed by atoms with Crippen LogP contribution in [0.4, 0.5) is 0 Å². The fourth-order valence-electron chi connectivity index (χ4n) is 0.673. The van der Waals surface area contributed by atoms with E-state index in [2.05, 4.69) is 5.32 Å². The minimum atomic E-state index is -0.507. The van der Waals surface area contributed by atoms with Gasteiger partial charge in [0.25, 0.3) is 0 Å². The molecule has 66 valence electrons. The lowest BCUT2D eigenvalue weighted by Gasteiger charge is -2.19. The smallest absolute Gasteiger partial charge is 0.106 e. The molecule has 2 N–H and O–H groups in total. The van der Waals surface area contributed by atoms with Crippen molar-refractivity contribution in [2.24, 2.45) is 5.92 Å². The molecule has 0 heterocycles. The molecule has 0 fully saturated rings. The quantitative estimate of drug-likeness (QED) is 0.635. The Hall–Kier alpha value is -0.150. The highest BCUT2D eigenvalue weighted by Crippen LogP contribution is 2.02. The van der Waals surface area contributed by atoms with Gasteiger partial charge in [-0.15, -0.1) is 0 Å². The van der Waals surface area contributed by atoms with Gasteiger partial charge in [-0.05, 0) is 19.8 Å². The van der Waals surface area contributed by atoms with Gasteiger partial charge in [0, 0.05) is 6.04 Å². The highest BCUT2D eigenvalue weighted by atomic mass is 32.1. The molecule has 0 aliphatic rings. The van der Waals surface area contributed by atoms with Crippen LogP contribution in [-0.4, -0.2) is 22.2 Å². The molecule has 11 heavy (non-hydrogen) atoms. The van der Waals surface area contributed by atoms with E-state index in [4.69, 9.17) is 12.2 Å². The largest absolute Gasteiger partial charge is 0.386 e. The Morgan fingerprint density at radius 2 is 1.73 bits per heavy atom. The summed E-state index contributed by atoms with van der Waals surface area (Å²) in [5, 5.41) is 12.4. The second-order valence-corrected chi connectivity index (χ2v) is 3.79. The lowest BCUT2D eigenvalue weighted by Crippen LogP contribution is -2.39. The number of nitrogens with one attached hydrogen (secondary N) is 1. The number of hydrogen-bond donors (Lipinski definition) is 2. The molecule has 0 radical (unpaired) electrons. The van der Waals surface area contributed by atoms with Gasteiger partial charge < -0.3 is 10.4 Å². The summed E-state index contributed by atoms with van der Waals surface area (Å²) in [5.41, 5.74) is 0. The van der Waals surface area contributed by atoms with Crippen molar-refractivity contribution in [1.82, 2.24) is 5.32 Å². The van der Waals surface area contributed by atoms with Crippen molar-refractivity contribution in [3.8, 4) is 0 Å². The van der Waals surface area contributed by atoms with Crippen molar-refractivity contribution in [3.63, 3.8) is 0 Å². The van der Waals surface area contributed by atoms with E-state index in [1.54, 1.807) is 0 Å². The fraction of sp³-hybridized carbons (Fsp3) is 0.875. The Morgan fingerprint density at radius 3 is 2.00 bits per heavy atom. The van der Waals surface area contributed by atoms with E-state index in [0.717, 1.165) is 0 Å². The Labute approximate surface area is 74.0 Å². The van der Waals surface area contributed by atoms with Crippen LogP contribution in [0.5, 0.6) is 0 Å². The second kappa shape index (κ2) is 4.67. The molecule has 0 aromatic carbocycles. The molecular weight excluding hydrogens is 158 g/mol. The standard InChI is InChI=1S/C8H17NOS/c1-5(2)7(10)8(11)9-6(3)4/h5-7,10H,1-4H3,(H,9,11). The summed E-state index contributed by atoms with van der Waals surface area (Å²) in [6.07, 6.45) is -0.507. The normalized spacial score (nSPS) is 13.7. The van der Waals surface area contributed by atoms with E-state index >= 15 is 0 Å². The third-order valence-electron chi connectivity index (χ3n) is 1.33. The molecule has 1 atom stereocenters. The Bertz CT molecular complexity index is 134. The predicted octanol–water partition coefficient (Wildman–Crippen LogP) is 1.33. The van der Waals surface area contributed by atoms with Crippen LogP contribution < -0.4 is 5.32 Å². The summed E-state index contributed by atoms with van der Waals surface area (Å²) >= 11 is 4.97. The number of thiocarbonyl (C=S) groups is 1. The fourth-order valence-corrected chi connectivity index (χ4v) is 1.18. The van der Waals surface area contributed by atoms with Crippen LogP contribution in [0.25, 0.3) is 0 Å². The van der Waals surface area contributed by atoms with Gasteiger partial charge in [0.2, 0.25) is 0 Å². The molecule has 0 spiro atoms. The summed E-state index contributed by atoms with van der Waals surface area (Å²) in [5.74, 6) is 0.189. The number of hydrogen-bond acceptors (Lipinski definition) is 2. The summed E-state index contributed by atoms with van der Waals surface area (Å²) < 4.78 is 0. The van der Waals surface area contributed by atoms with Crippen molar-refractivity contribution in [2.45, 2.75) is 39.8 Å². The van der Waals surface area contributed by atoms with Crippen molar-refractivity contribution in [3.05, 3.63) is 0 Å². The Morgan fingerprint density at radius 1 is 1.27 bits per heavy atom. The molecule has 0 aromatic heterocycles. The first-order valence-corrected chi connectivity index (χ1v) is 4.34. The van der Waals surface area contributed by atoms with Gasteiger partial charge >= 0.3 is 0 Å².